The zero-order valence-corrected chi connectivity index (χ0v) is 16.2. The van der Waals surface area contributed by atoms with Gasteiger partial charge in [0, 0.05) is 25.0 Å². The molecule has 2 N–H and O–H groups in total. The normalized spacial score (nSPS) is 17.2. The molecule has 0 radical (unpaired) electrons. The maximum atomic E-state index is 13.4. The molecule has 28 heavy (non-hydrogen) atoms. The van der Waals surface area contributed by atoms with E-state index in [9.17, 15) is 18.0 Å². The lowest BCUT2D eigenvalue weighted by Crippen LogP contribution is -2.34. The van der Waals surface area contributed by atoms with E-state index in [-0.39, 0.29) is 28.1 Å². The van der Waals surface area contributed by atoms with Gasteiger partial charge in [-0.3, -0.25) is 9.69 Å². The van der Waals surface area contributed by atoms with Crippen LogP contribution in [0.5, 0.6) is 0 Å². The summed E-state index contributed by atoms with van der Waals surface area (Å²) in [4.78, 5) is 12.5. The highest BCUT2D eigenvalue weighted by Crippen LogP contribution is 2.30. The monoisotopic (exact) mass is 393 g/mol. The third-order valence-corrected chi connectivity index (χ3v) is 4.56. The number of carbonyl (C=O) groups excluding carboxylic acids is 1. The molecule has 1 aromatic carbocycles. The minimum Gasteiger partial charge on any atom is -0.388 e. The molecule has 1 amide bonds. The molecule has 1 fully saturated rings. The third kappa shape index (κ3) is 5.65. The van der Waals surface area contributed by atoms with Crippen LogP contribution in [-0.2, 0) is 11.2 Å². The average Bonchev–Trinajstić information content (AvgIpc) is 3.05. The molecule has 0 aromatic heterocycles. The van der Waals surface area contributed by atoms with Gasteiger partial charge in [-0.15, -0.1) is 0 Å². The summed E-state index contributed by atoms with van der Waals surface area (Å²) in [6.45, 7) is 9.96. The van der Waals surface area contributed by atoms with Crippen LogP contribution >= 0.6 is 0 Å². The second-order valence-electron chi connectivity index (χ2n) is 6.91. The maximum Gasteiger partial charge on any atom is 0.484 e. The van der Waals surface area contributed by atoms with Crippen molar-refractivity contribution in [2.45, 2.75) is 32.5 Å². The van der Waals surface area contributed by atoms with Gasteiger partial charge < -0.3 is 10.6 Å². The Hall–Kier alpha value is -2.70. The maximum absolute atomic E-state index is 13.4. The molecule has 1 heterocycles. The van der Waals surface area contributed by atoms with Gasteiger partial charge in [-0.05, 0) is 36.1 Å². The standard InChI is InChI=1S/C21H26F3N3O/c1-5-7-16-8-6-9-17(12-16)19(27(4)21(22,23)24)11-15(3)26-20(28)18-10-14(2)25-13-18/h6,8-9,11-12,18,25H,2-3,5,7,10,13H2,1,4H3,(H,26,28)/b19-11-. The SMILES string of the molecule is C=C(/C=C(/c1cccc(CCC)c1)N(C)C(F)(F)F)NC(=O)C1CNC(=C)C1. The molecule has 2 rings (SSSR count). The molecular formula is C21H26F3N3O. The van der Waals surface area contributed by atoms with E-state index in [1.165, 1.54) is 6.08 Å². The number of amides is 1. The molecule has 7 heteroatoms. The van der Waals surface area contributed by atoms with Crippen molar-refractivity contribution in [2.75, 3.05) is 13.6 Å². The number of aryl methyl sites for hydroxylation is 1. The summed E-state index contributed by atoms with van der Waals surface area (Å²) >= 11 is 0. The van der Waals surface area contributed by atoms with Crippen LogP contribution in [0.2, 0.25) is 0 Å². The van der Waals surface area contributed by atoms with Gasteiger partial charge in [0.2, 0.25) is 5.91 Å². The van der Waals surface area contributed by atoms with Crippen molar-refractivity contribution in [1.82, 2.24) is 15.5 Å². The van der Waals surface area contributed by atoms with Gasteiger partial charge in [0.05, 0.1) is 11.6 Å². The van der Waals surface area contributed by atoms with Crippen LogP contribution in [0.4, 0.5) is 13.2 Å². The third-order valence-electron chi connectivity index (χ3n) is 4.56. The van der Waals surface area contributed by atoms with Gasteiger partial charge in [-0.2, -0.15) is 13.2 Å². The zero-order chi connectivity index (χ0) is 20.9. The highest BCUT2D eigenvalue weighted by atomic mass is 19.4. The van der Waals surface area contributed by atoms with Crippen LogP contribution in [-0.4, -0.2) is 30.7 Å². The number of hydrogen-bond acceptors (Lipinski definition) is 3. The summed E-state index contributed by atoms with van der Waals surface area (Å²) in [7, 11) is 0.957. The summed E-state index contributed by atoms with van der Waals surface area (Å²) in [5.74, 6) is -0.601. The lowest BCUT2D eigenvalue weighted by Gasteiger charge is -2.26. The summed E-state index contributed by atoms with van der Waals surface area (Å²) < 4.78 is 40.2. The van der Waals surface area contributed by atoms with E-state index < -0.39 is 6.30 Å². The molecule has 1 atom stereocenters. The molecule has 0 spiro atoms. The predicted octanol–water partition coefficient (Wildman–Crippen LogP) is 4.18. The lowest BCUT2D eigenvalue weighted by atomic mass is 10.0. The topological polar surface area (TPSA) is 44.4 Å². The molecule has 152 valence electrons. The van der Waals surface area contributed by atoms with Gasteiger partial charge in [0.25, 0.3) is 0 Å². The number of nitrogens with zero attached hydrogens (tertiary/aromatic N) is 1. The summed E-state index contributed by atoms with van der Waals surface area (Å²) in [6.07, 6.45) is -1.15. The van der Waals surface area contributed by atoms with E-state index in [0.29, 0.717) is 18.5 Å². The predicted molar refractivity (Wildman–Crippen MR) is 105 cm³/mol. The van der Waals surface area contributed by atoms with Crippen molar-refractivity contribution < 1.29 is 18.0 Å². The van der Waals surface area contributed by atoms with Crippen molar-refractivity contribution in [3.63, 3.8) is 0 Å². The Labute approximate surface area is 163 Å². The first-order valence-electron chi connectivity index (χ1n) is 9.14. The van der Waals surface area contributed by atoms with Crippen molar-refractivity contribution in [3.05, 3.63) is 66.0 Å². The van der Waals surface area contributed by atoms with Gasteiger partial charge in [0.15, 0.2) is 0 Å². The Morgan fingerprint density at radius 3 is 2.71 bits per heavy atom. The fourth-order valence-electron chi connectivity index (χ4n) is 3.04. The number of carbonyl (C=O) groups is 1. The molecule has 1 aromatic rings. The molecule has 0 aliphatic carbocycles. The smallest absolute Gasteiger partial charge is 0.388 e. The van der Waals surface area contributed by atoms with Crippen LogP contribution in [0.15, 0.2) is 54.9 Å². The van der Waals surface area contributed by atoms with Gasteiger partial charge >= 0.3 is 6.30 Å². The van der Waals surface area contributed by atoms with Crippen molar-refractivity contribution in [1.29, 1.82) is 0 Å². The number of hydrogen-bond donors (Lipinski definition) is 2. The Morgan fingerprint density at radius 1 is 1.43 bits per heavy atom. The molecule has 0 saturated carbocycles. The van der Waals surface area contributed by atoms with E-state index in [4.69, 9.17) is 0 Å². The largest absolute Gasteiger partial charge is 0.484 e. The lowest BCUT2D eigenvalue weighted by molar-refractivity contribution is -0.214. The molecular weight excluding hydrogens is 367 g/mol. The minimum atomic E-state index is -4.57. The number of rotatable bonds is 7. The molecule has 1 saturated heterocycles. The van der Waals surface area contributed by atoms with Crippen LogP contribution in [0.3, 0.4) is 0 Å². The van der Waals surface area contributed by atoms with E-state index in [0.717, 1.165) is 31.1 Å². The second kappa shape index (κ2) is 8.99. The summed E-state index contributed by atoms with van der Waals surface area (Å²) in [5, 5.41) is 5.59. The number of alkyl halides is 3. The Kier molecular flexibility index (Phi) is 6.94. The van der Waals surface area contributed by atoms with Crippen molar-refractivity contribution >= 4 is 11.6 Å². The Bertz CT molecular complexity index is 783. The fraction of sp³-hybridized carbons (Fsp3) is 0.381. The molecule has 0 bridgehead atoms. The highest BCUT2D eigenvalue weighted by molar-refractivity contribution is 5.82. The van der Waals surface area contributed by atoms with Crippen LogP contribution < -0.4 is 10.6 Å². The average molecular weight is 393 g/mol. The first-order valence-corrected chi connectivity index (χ1v) is 9.14. The van der Waals surface area contributed by atoms with Crippen LogP contribution in [0.25, 0.3) is 5.70 Å². The quantitative estimate of drug-likeness (QED) is 0.539. The molecule has 1 aliphatic heterocycles. The Morgan fingerprint density at radius 2 is 2.14 bits per heavy atom. The van der Waals surface area contributed by atoms with E-state index in [2.05, 4.69) is 23.8 Å². The highest BCUT2D eigenvalue weighted by Gasteiger charge is 2.36. The van der Waals surface area contributed by atoms with E-state index in [1.807, 2.05) is 13.0 Å². The van der Waals surface area contributed by atoms with Crippen molar-refractivity contribution in [3.8, 4) is 0 Å². The number of allylic oxidation sites excluding steroid dienone is 2. The summed E-state index contributed by atoms with van der Waals surface area (Å²) in [6, 6.07) is 6.97. The van der Waals surface area contributed by atoms with Gasteiger partial charge in [-0.25, -0.2) is 0 Å². The zero-order valence-electron chi connectivity index (χ0n) is 16.2. The molecule has 4 nitrogen and oxygen atoms in total. The molecule has 1 unspecified atom stereocenters. The van der Waals surface area contributed by atoms with Crippen LogP contribution in [0, 0.1) is 5.92 Å². The van der Waals surface area contributed by atoms with E-state index >= 15 is 0 Å². The number of benzene rings is 1. The molecule has 1 aliphatic rings. The Balaban J connectivity index is 2.28. The first kappa shape index (κ1) is 21.6. The van der Waals surface area contributed by atoms with E-state index in [1.54, 1.807) is 18.2 Å². The first-order chi connectivity index (χ1) is 13.1. The summed E-state index contributed by atoms with van der Waals surface area (Å²) in [5.41, 5.74) is 2.16. The second-order valence-corrected chi connectivity index (χ2v) is 6.91. The minimum absolute atomic E-state index is 0.0790. The van der Waals surface area contributed by atoms with Crippen LogP contribution in [0.1, 0.15) is 30.9 Å². The van der Waals surface area contributed by atoms with Crippen molar-refractivity contribution in [2.24, 2.45) is 5.92 Å². The van der Waals surface area contributed by atoms with Gasteiger partial charge in [-0.1, -0.05) is 44.7 Å². The fourth-order valence-corrected chi connectivity index (χ4v) is 3.04. The number of halogens is 3. The number of nitrogens with one attached hydrogen (secondary N) is 2. The van der Waals surface area contributed by atoms with Gasteiger partial charge in [0.1, 0.15) is 0 Å².